The molecule has 2 aromatic rings. The zero-order valence-electron chi connectivity index (χ0n) is 13.2. The molecule has 1 atom stereocenters. The molecule has 0 spiro atoms. The van der Waals surface area contributed by atoms with Gasteiger partial charge < -0.3 is 20.5 Å². The highest BCUT2D eigenvalue weighted by Crippen LogP contribution is 2.12. The fourth-order valence-electron chi connectivity index (χ4n) is 2.01. The Morgan fingerprint density at radius 3 is 2.65 bits per heavy atom. The number of urea groups is 1. The molecule has 3 N–H and O–H groups in total. The van der Waals surface area contributed by atoms with Gasteiger partial charge in [-0.1, -0.05) is 42.5 Å². The molecule has 0 radical (unpaired) electrons. The number of amides is 2. The number of rotatable bonds is 7. The third-order valence-corrected chi connectivity index (χ3v) is 3.23. The topological polar surface area (TPSA) is 70.6 Å². The molecular weight excluding hydrogens is 292 g/mol. The van der Waals surface area contributed by atoms with Gasteiger partial charge in [0.15, 0.2) is 0 Å². The number of aryl methyl sites for hydroxylation is 1. The maximum absolute atomic E-state index is 11.7. The summed E-state index contributed by atoms with van der Waals surface area (Å²) in [4.78, 5) is 11.7. The summed E-state index contributed by atoms with van der Waals surface area (Å²) in [7, 11) is 0. The molecule has 0 saturated carbocycles. The maximum Gasteiger partial charge on any atom is 0.315 e. The minimum atomic E-state index is -0.766. The van der Waals surface area contributed by atoms with E-state index in [9.17, 15) is 9.90 Å². The van der Waals surface area contributed by atoms with E-state index in [1.165, 1.54) is 0 Å². The highest BCUT2D eigenvalue weighted by atomic mass is 16.5. The van der Waals surface area contributed by atoms with Crippen LogP contribution in [0.2, 0.25) is 0 Å². The lowest BCUT2D eigenvalue weighted by atomic mass is 10.2. The van der Waals surface area contributed by atoms with Crippen LogP contribution in [0.25, 0.3) is 0 Å². The third kappa shape index (κ3) is 6.40. The molecule has 0 heterocycles. The molecule has 0 bridgehead atoms. The Bertz CT molecular complexity index is 617. The second-order valence-electron chi connectivity index (χ2n) is 5.33. The fraction of sp³-hybridized carbons (Fsp3) is 0.278. The molecule has 0 saturated heterocycles. The van der Waals surface area contributed by atoms with Crippen molar-refractivity contribution in [1.29, 1.82) is 0 Å². The Labute approximate surface area is 136 Å². The first-order valence-corrected chi connectivity index (χ1v) is 7.56. The lowest BCUT2D eigenvalue weighted by molar-refractivity contribution is 0.108. The van der Waals surface area contributed by atoms with Gasteiger partial charge in [0, 0.05) is 13.1 Å². The SMILES string of the molecule is Cc1cccc(OCC(O)CNC(=O)NCc2ccccc2)c1. The average Bonchev–Trinajstić information content (AvgIpc) is 2.57. The molecule has 2 rings (SSSR count). The Morgan fingerprint density at radius 1 is 1.13 bits per heavy atom. The van der Waals surface area contributed by atoms with E-state index in [0.29, 0.717) is 12.3 Å². The van der Waals surface area contributed by atoms with E-state index < -0.39 is 6.10 Å². The summed E-state index contributed by atoms with van der Waals surface area (Å²) in [6.45, 7) is 2.68. The highest BCUT2D eigenvalue weighted by Gasteiger charge is 2.08. The summed E-state index contributed by atoms with van der Waals surface area (Å²) < 4.78 is 5.49. The summed E-state index contributed by atoms with van der Waals surface area (Å²) in [6, 6.07) is 16.9. The van der Waals surface area contributed by atoms with Gasteiger partial charge in [-0.15, -0.1) is 0 Å². The van der Waals surface area contributed by atoms with Crippen molar-refractivity contribution >= 4 is 6.03 Å². The van der Waals surface area contributed by atoms with E-state index in [1.807, 2.05) is 61.5 Å². The largest absolute Gasteiger partial charge is 0.491 e. The van der Waals surface area contributed by atoms with Gasteiger partial charge in [-0.05, 0) is 30.2 Å². The van der Waals surface area contributed by atoms with Crippen LogP contribution >= 0.6 is 0 Å². The summed E-state index contributed by atoms with van der Waals surface area (Å²) in [6.07, 6.45) is -0.766. The minimum Gasteiger partial charge on any atom is -0.491 e. The molecule has 5 nitrogen and oxygen atoms in total. The monoisotopic (exact) mass is 314 g/mol. The lowest BCUT2D eigenvalue weighted by Gasteiger charge is -2.14. The summed E-state index contributed by atoms with van der Waals surface area (Å²) in [5, 5.41) is 15.2. The molecule has 2 amide bonds. The molecule has 0 fully saturated rings. The number of nitrogens with one attached hydrogen (secondary N) is 2. The standard InChI is InChI=1S/C18H22N2O3/c1-14-6-5-9-17(10-14)23-13-16(21)12-20-18(22)19-11-15-7-3-2-4-8-15/h2-10,16,21H,11-13H2,1H3,(H2,19,20,22). The number of carbonyl (C=O) groups excluding carboxylic acids is 1. The van der Waals surface area contributed by atoms with Gasteiger partial charge in [-0.3, -0.25) is 0 Å². The van der Waals surface area contributed by atoms with E-state index in [-0.39, 0.29) is 19.2 Å². The molecule has 23 heavy (non-hydrogen) atoms. The molecule has 5 heteroatoms. The smallest absolute Gasteiger partial charge is 0.315 e. The van der Waals surface area contributed by atoms with Crippen LogP contribution in [0.15, 0.2) is 54.6 Å². The summed E-state index contributed by atoms with van der Waals surface area (Å²) in [5.74, 6) is 0.706. The number of hydrogen-bond acceptors (Lipinski definition) is 3. The van der Waals surface area contributed by atoms with Crippen LogP contribution in [0.4, 0.5) is 4.79 Å². The number of carbonyl (C=O) groups is 1. The van der Waals surface area contributed by atoms with Crippen LogP contribution in [0.5, 0.6) is 5.75 Å². The van der Waals surface area contributed by atoms with Crippen molar-refractivity contribution in [1.82, 2.24) is 10.6 Å². The third-order valence-electron chi connectivity index (χ3n) is 3.23. The van der Waals surface area contributed by atoms with Crippen LogP contribution in [0.3, 0.4) is 0 Å². The van der Waals surface area contributed by atoms with E-state index in [2.05, 4.69) is 10.6 Å². The van der Waals surface area contributed by atoms with Gasteiger partial charge in [0.2, 0.25) is 0 Å². The van der Waals surface area contributed by atoms with E-state index in [1.54, 1.807) is 0 Å². The Kier molecular flexibility index (Phi) is 6.44. The van der Waals surface area contributed by atoms with E-state index in [0.717, 1.165) is 11.1 Å². The highest BCUT2D eigenvalue weighted by molar-refractivity contribution is 5.73. The molecular formula is C18H22N2O3. The van der Waals surface area contributed by atoms with Gasteiger partial charge in [0.05, 0.1) is 0 Å². The predicted octanol–water partition coefficient (Wildman–Crippen LogP) is 2.23. The number of ether oxygens (including phenoxy) is 1. The first-order chi connectivity index (χ1) is 11.1. The van der Waals surface area contributed by atoms with Crippen LogP contribution in [-0.4, -0.2) is 30.4 Å². The molecule has 0 aromatic heterocycles. The van der Waals surface area contributed by atoms with Crippen molar-refractivity contribution in [3.8, 4) is 5.75 Å². The number of hydrogen-bond donors (Lipinski definition) is 3. The molecule has 1 unspecified atom stereocenters. The molecule has 0 aliphatic rings. The van der Waals surface area contributed by atoms with Gasteiger partial charge >= 0.3 is 6.03 Å². The molecule has 122 valence electrons. The Balaban J connectivity index is 1.63. The maximum atomic E-state index is 11.7. The van der Waals surface area contributed by atoms with Crippen molar-refractivity contribution in [3.63, 3.8) is 0 Å². The number of aliphatic hydroxyl groups excluding tert-OH is 1. The van der Waals surface area contributed by atoms with Crippen molar-refractivity contribution in [2.24, 2.45) is 0 Å². The van der Waals surface area contributed by atoms with Gasteiger partial charge in [0.1, 0.15) is 18.5 Å². The second-order valence-corrected chi connectivity index (χ2v) is 5.33. The minimum absolute atomic E-state index is 0.127. The molecule has 0 aliphatic heterocycles. The zero-order valence-corrected chi connectivity index (χ0v) is 13.2. The van der Waals surface area contributed by atoms with Crippen LogP contribution in [0, 0.1) is 6.92 Å². The van der Waals surface area contributed by atoms with Gasteiger partial charge in [0.25, 0.3) is 0 Å². The molecule has 2 aromatic carbocycles. The van der Waals surface area contributed by atoms with E-state index in [4.69, 9.17) is 4.74 Å². The second kappa shape index (κ2) is 8.80. The van der Waals surface area contributed by atoms with Crippen molar-refractivity contribution in [2.45, 2.75) is 19.6 Å². The zero-order chi connectivity index (χ0) is 16.5. The Morgan fingerprint density at radius 2 is 1.91 bits per heavy atom. The Hall–Kier alpha value is -2.53. The van der Waals surface area contributed by atoms with Crippen molar-refractivity contribution < 1.29 is 14.6 Å². The average molecular weight is 314 g/mol. The van der Waals surface area contributed by atoms with Crippen LogP contribution in [-0.2, 0) is 6.54 Å². The number of benzene rings is 2. The summed E-state index contributed by atoms with van der Waals surface area (Å²) >= 11 is 0. The quantitative estimate of drug-likeness (QED) is 0.734. The number of aliphatic hydroxyl groups is 1. The fourth-order valence-corrected chi connectivity index (χ4v) is 2.01. The van der Waals surface area contributed by atoms with Crippen LogP contribution < -0.4 is 15.4 Å². The first kappa shape index (κ1) is 16.8. The van der Waals surface area contributed by atoms with Crippen LogP contribution in [0.1, 0.15) is 11.1 Å². The summed E-state index contributed by atoms with van der Waals surface area (Å²) in [5.41, 5.74) is 2.11. The normalized spacial score (nSPS) is 11.6. The van der Waals surface area contributed by atoms with Gasteiger partial charge in [-0.25, -0.2) is 4.79 Å². The predicted molar refractivity (Wildman–Crippen MR) is 89.4 cm³/mol. The molecule has 0 aliphatic carbocycles. The van der Waals surface area contributed by atoms with Crippen molar-refractivity contribution in [2.75, 3.05) is 13.2 Å². The van der Waals surface area contributed by atoms with Gasteiger partial charge in [-0.2, -0.15) is 0 Å². The lowest BCUT2D eigenvalue weighted by Crippen LogP contribution is -2.41. The van der Waals surface area contributed by atoms with Crippen molar-refractivity contribution in [3.05, 3.63) is 65.7 Å². The van der Waals surface area contributed by atoms with E-state index >= 15 is 0 Å². The first-order valence-electron chi connectivity index (χ1n) is 7.56.